The summed E-state index contributed by atoms with van der Waals surface area (Å²) in [7, 11) is 0. The highest BCUT2D eigenvalue weighted by molar-refractivity contribution is 6.30. The van der Waals surface area contributed by atoms with Crippen LogP contribution in [0.1, 0.15) is 5.56 Å². The molecular weight excluding hydrogens is 360 g/mol. The Hall–Kier alpha value is -2.82. The molecule has 0 fully saturated rings. The zero-order valence-electron chi connectivity index (χ0n) is 14.8. The third kappa shape index (κ3) is 6.13. The molecule has 4 nitrogen and oxygen atoms in total. The second kappa shape index (κ2) is 9.76. The van der Waals surface area contributed by atoms with Gasteiger partial charge in [0.15, 0.2) is 5.75 Å². The molecule has 3 aromatic rings. The van der Waals surface area contributed by atoms with Crippen LogP contribution in [0.3, 0.4) is 0 Å². The highest BCUT2D eigenvalue weighted by atomic mass is 35.5. The molecule has 0 radical (unpaired) electrons. The van der Waals surface area contributed by atoms with Crippen molar-refractivity contribution in [1.29, 1.82) is 0 Å². The number of nitrogens with one attached hydrogen (secondary N) is 2. The minimum atomic E-state index is -0.116. The van der Waals surface area contributed by atoms with Crippen LogP contribution < -0.4 is 15.4 Å². The van der Waals surface area contributed by atoms with E-state index in [9.17, 15) is 4.79 Å². The van der Waals surface area contributed by atoms with Gasteiger partial charge in [-0.3, -0.25) is 4.79 Å². The number of amides is 1. The number of hydrogen-bond acceptors (Lipinski definition) is 3. The lowest BCUT2D eigenvalue weighted by atomic mass is 10.1. The monoisotopic (exact) mass is 380 g/mol. The third-order valence-corrected chi connectivity index (χ3v) is 4.17. The first-order chi connectivity index (χ1) is 13.2. The summed E-state index contributed by atoms with van der Waals surface area (Å²) in [4.78, 5) is 12.2. The zero-order chi connectivity index (χ0) is 18.9. The van der Waals surface area contributed by atoms with Crippen LogP contribution >= 0.6 is 11.6 Å². The lowest BCUT2D eigenvalue weighted by molar-refractivity contribution is -0.115. The van der Waals surface area contributed by atoms with Gasteiger partial charge in [0.25, 0.3) is 0 Å². The first-order valence-corrected chi connectivity index (χ1v) is 9.15. The number of rotatable bonds is 8. The lowest BCUT2D eigenvalue weighted by Gasteiger charge is -2.12. The minimum absolute atomic E-state index is 0.116. The largest absolute Gasteiger partial charge is 0.455 e. The number of carbonyl (C=O) groups excluding carboxylic acids is 1. The average Bonchev–Trinajstić information content (AvgIpc) is 2.69. The molecule has 27 heavy (non-hydrogen) atoms. The highest BCUT2D eigenvalue weighted by Gasteiger charge is 2.08. The molecule has 0 aromatic heterocycles. The van der Waals surface area contributed by atoms with E-state index in [1.165, 1.54) is 5.56 Å². The van der Waals surface area contributed by atoms with E-state index in [0.717, 1.165) is 17.2 Å². The first-order valence-electron chi connectivity index (χ1n) is 8.77. The molecule has 0 aliphatic carbocycles. The van der Waals surface area contributed by atoms with E-state index in [1.54, 1.807) is 0 Å². The van der Waals surface area contributed by atoms with Gasteiger partial charge in [0.1, 0.15) is 5.75 Å². The van der Waals surface area contributed by atoms with Crippen molar-refractivity contribution in [3.05, 3.63) is 89.4 Å². The normalized spacial score (nSPS) is 10.4. The number of carbonyl (C=O) groups is 1. The molecule has 0 saturated carbocycles. The molecule has 1 amide bonds. The number of hydrogen-bond donors (Lipinski definition) is 2. The minimum Gasteiger partial charge on any atom is -0.455 e. The van der Waals surface area contributed by atoms with Gasteiger partial charge in [-0.1, -0.05) is 54.1 Å². The molecule has 0 atom stereocenters. The predicted molar refractivity (Wildman–Crippen MR) is 110 cm³/mol. The molecule has 0 spiro atoms. The molecule has 2 N–H and O–H groups in total. The summed E-state index contributed by atoms with van der Waals surface area (Å²) in [5.74, 6) is 1.22. The maximum absolute atomic E-state index is 12.2. The van der Waals surface area contributed by atoms with E-state index in [0.29, 0.717) is 18.0 Å². The van der Waals surface area contributed by atoms with E-state index in [2.05, 4.69) is 10.6 Å². The van der Waals surface area contributed by atoms with Crippen LogP contribution in [0, 0.1) is 0 Å². The molecule has 0 heterocycles. The standard InChI is InChI=1S/C22H21ClN2O2/c23-18-12-10-17(11-13-18)14-15-24-16-22(26)25-20-8-4-5-9-21(20)27-19-6-2-1-3-7-19/h1-13,24H,14-16H2,(H,25,26). The second-order valence-electron chi connectivity index (χ2n) is 6.01. The summed E-state index contributed by atoms with van der Waals surface area (Å²) < 4.78 is 5.86. The maximum Gasteiger partial charge on any atom is 0.238 e. The quantitative estimate of drug-likeness (QED) is 0.546. The third-order valence-electron chi connectivity index (χ3n) is 3.92. The number of benzene rings is 3. The van der Waals surface area contributed by atoms with Gasteiger partial charge in [-0.15, -0.1) is 0 Å². The number of anilines is 1. The molecule has 3 rings (SSSR count). The van der Waals surface area contributed by atoms with Crippen LogP contribution in [0.25, 0.3) is 0 Å². The Labute approximate surface area is 164 Å². The Morgan fingerprint density at radius 1 is 0.889 bits per heavy atom. The van der Waals surface area contributed by atoms with Gasteiger partial charge in [0.2, 0.25) is 5.91 Å². The first kappa shape index (κ1) is 19.0. The van der Waals surface area contributed by atoms with E-state index < -0.39 is 0 Å². The van der Waals surface area contributed by atoms with Crippen molar-refractivity contribution < 1.29 is 9.53 Å². The molecule has 138 valence electrons. The summed E-state index contributed by atoms with van der Waals surface area (Å²) in [6.45, 7) is 0.935. The fourth-order valence-corrected chi connectivity index (χ4v) is 2.68. The van der Waals surface area contributed by atoms with Gasteiger partial charge in [0.05, 0.1) is 12.2 Å². The van der Waals surface area contributed by atoms with Gasteiger partial charge in [0, 0.05) is 5.02 Å². The number of halogens is 1. The van der Waals surface area contributed by atoms with Crippen LogP contribution in [-0.4, -0.2) is 19.0 Å². The summed E-state index contributed by atoms with van der Waals surface area (Å²) in [6.07, 6.45) is 0.832. The molecule has 0 unspecified atom stereocenters. The molecule has 0 saturated heterocycles. The van der Waals surface area contributed by atoms with Crippen LogP contribution in [0.15, 0.2) is 78.9 Å². The number of para-hydroxylation sites is 3. The molecular formula is C22H21ClN2O2. The average molecular weight is 381 g/mol. The van der Waals surface area contributed by atoms with Crippen molar-refractivity contribution >= 4 is 23.2 Å². The van der Waals surface area contributed by atoms with Crippen molar-refractivity contribution in [1.82, 2.24) is 5.32 Å². The summed E-state index contributed by atoms with van der Waals surface area (Å²) in [5, 5.41) is 6.77. The van der Waals surface area contributed by atoms with Gasteiger partial charge < -0.3 is 15.4 Å². The Morgan fingerprint density at radius 3 is 2.37 bits per heavy atom. The molecule has 5 heteroatoms. The van der Waals surface area contributed by atoms with Crippen molar-refractivity contribution in [2.24, 2.45) is 0 Å². The van der Waals surface area contributed by atoms with Gasteiger partial charge >= 0.3 is 0 Å². The smallest absolute Gasteiger partial charge is 0.238 e. The Bertz CT molecular complexity index is 867. The number of ether oxygens (including phenoxy) is 1. The Morgan fingerprint density at radius 2 is 1.59 bits per heavy atom. The zero-order valence-corrected chi connectivity index (χ0v) is 15.6. The predicted octanol–water partition coefficient (Wildman–Crippen LogP) is 4.90. The van der Waals surface area contributed by atoms with Crippen LogP contribution in [-0.2, 0) is 11.2 Å². The summed E-state index contributed by atoms with van der Waals surface area (Å²) in [5.41, 5.74) is 1.82. The Balaban J connectivity index is 1.48. The molecule has 0 bridgehead atoms. The van der Waals surface area contributed by atoms with E-state index in [4.69, 9.17) is 16.3 Å². The lowest BCUT2D eigenvalue weighted by Crippen LogP contribution is -2.29. The van der Waals surface area contributed by atoms with Crippen molar-refractivity contribution in [2.75, 3.05) is 18.4 Å². The topological polar surface area (TPSA) is 50.4 Å². The SMILES string of the molecule is O=C(CNCCc1ccc(Cl)cc1)Nc1ccccc1Oc1ccccc1. The van der Waals surface area contributed by atoms with Crippen molar-refractivity contribution in [2.45, 2.75) is 6.42 Å². The van der Waals surface area contributed by atoms with Gasteiger partial charge in [-0.25, -0.2) is 0 Å². The molecule has 0 aliphatic rings. The van der Waals surface area contributed by atoms with E-state index in [1.807, 2.05) is 78.9 Å². The Kier molecular flexibility index (Phi) is 6.85. The van der Waals surface area contributed by atoms with E-state index >= 15 is 0 Å². The summed E-state index contributed by atoms with van der Waals surface area (Å²) in [6, 6.07) is 24.6. The van der Waals surface area contributed by atoms with Gasteiger partial charge in [-0.2, -0.15) is 0 Å². The van der Waals surface area contributed by atoms with E-state index in [-0.39, 0.29) is 12.5 Å². The van der Waals surface area contributed by atoms with Crippen LogP contribution in [0.5, 0.6) is 11.5 Å². The van der Waals surface area contributed by atoms with Crippen LogP contribution in [0.4, 0.5) is 5.69 Å². The maximum atomic E-state index is 12.2. The van der Waals surface area contributed by atoms with Gasteiger partial charge in [-0.05, 0) is 54.9 Å². The van der Waals surface area contributed by atoms with Crippen molar-refractivity contribution in [3.63, 3.8) is 0 Å². The van der Waals surface area contributed by atoms with Crippen LogP contribution in [0.2, 0.25) is 5.02 Å². The fraction of sp³-hybridized carbons (Fsp3) is 0.136. The highest BCUT2D eigenvalue weighted by Crippen LogP contribution is 2.28. The fourth-order valence-electron chi connectivity index (χ4n) is 2.55. The molecule has 3 aromatic carbocycles. The second-order valence-corrected chi connectivity index (χ2v) is 6.45. The summed E-state index contributed by atoms with van der Waals surface area (Å²) >= 11 is 5.88. The molecule has 0 aliphatic heterocycles. The van der Waals surface area contributed by atoms with Crippen molar-refractivity contribution in [3.8, 4) is 11.5 Å².